The lowest BCUT2D eigenvalue weighted by atomic mass is 10.2. The molecule has 1 heterocycles. The van der Waals surface area contributed by atoms with E-state index in [-0.39, 0.29) is 11.8 Å². The monoisotopic (exact) mass is 324 g/mol. The Morgan fingerprint density at radius 3 is 2.62 bits per heavy atom. The van der Waals surface area contributed by atoms with Gasteiger partial charge in [0.15, 0.2) is 0 Å². The molecule has 0 unspecified atom stereocenters. The summed E-state index contributed by atoms with van der Waals surface area (Å²) in [5, 5.41) is 6.66. The topological polar surface area (TPSA) is 83.5 Å². The number of amides is 2. The molecule has 124 valence electrons. The maximum absolute atomic E-state index is 12.0. The molecule has 2 N–H and O–H groups in total. The fourth-order valence-electron chi connectivity index (χ4n) is 1.94. The summed E-state index contributed by atoms with van der Waals surface area (Å²) in [5.74, 6) is -0.347. The number of aromatic nitrogens is 1. The van der Waals surface area contributed by atoms with Crippen LogP contribution in [0.1, 0.15) is 42.2 Å². The number of benzene rings is 1. The molecular formula is C18H20N4O2. The van der Waals surface area contributed by atoms with Crippen LogP contribution in [0.5, 0.6) is 0 Å². The Hall–Kier alpha value is -3.02. The highest BCUT2D eigenvalue weighted by atomic mass is 16.2. The van der Waals surface area contributed by atoms with Crippen LogP contribution in [0.15, 0.2) is 53.8 Å². The summed E-state index contributed by atoms with van der Waals surface area (Å²) in [6.45, 7) is 2.04. The Morgan fingerprint density at radius 1 is 1.17 bits per heavy atom. The number of nitrogens with one attached hydrogen (secondary N) is 2. The molecule has 0 fully saturated rings. The van der Waals surface area contributed by atoms with E-state index in [1.165, 1.54) is 6.21 Å². The fraction of sp³-hybridized carbons (Fsp3) is 0.222. The van der Waals surface area contributed by atoms with Crippen molar-refractivity contribution in [2.24, 2.45) is 5.10 Å². The van der Waals surface area contributed by atoms with Crippen LogP contribution in [0.25, 0.3) is 0 Å². The molecule has 0 bridgehead atoms. The number of hydrogen-bond acceptors (Lipinski definition) is 4. The highest BCUT2D eigenvalue weighted by Crippen LogP contribution is 2.10. The first-order chi connectivity index (χ1) is 11.7. The van der Waals surface area contributed by atoms with Gasteiger partial charge in [0.2, 0.25) is 5.91 Å². The van der Waals surface area contributed by atoms with Gasteiger partial charge in [0, 0.05) is 23.9 Å². The average molecular weight is 324 g/mol. The van der Waals surface area contributed by atoms with E-state index in [0.717, 1.165) is 12.8 Å². The predicted octanol–water partition coefficient (Wildman–Crippen LogP) is 2.97. The molecule has 24 heavy (non-hydrogen) atoms. The van der Waals surface area contributed by atoms with Gasteiger partial charge in [-0.1, -0.05) is 19.4 Å². The van der Waals surface area contributed by atoms with E-state index in [1.807, 2.05) is 13.0 Å². The molecule has 0 spiro atoms. The summed E-state index contributed by atoms with van der Waals surface area (Å²) < 4.78 is 0. The number of rotatable bonds is 7. The number of hydrogen-bond donors (Lipinski definition) is 2. The Balaban J connectivity index is 1.87. The molecule has 0 saturated carbocycles. The van der Waals surface area contributed by atoms with Crippen LogP contribution in [-0.2, 0) is 4.79 Å². The van der Waals surface area contributed by atoms with E-state index in [0.29, 0.717) is 23.4 Å². The van der Waals surface area contributed by atoms with Gasteiger partial charge >= 0.3 is 0 Å². The first-order valence-corrected chi connectivity index (χ1v) is 7.83. The lowest BCUT2D eigenvalue weighted by molar-refractivity contribution is -0.116. The van der Waals surface area contributed by atoms with Gasteiger partial charge in [-0.2, -0.15) is 5.10 Å². The van der Waals surface area contributed by atoms with E-state index in [9.17, 15) is 9.59 Å². The summed E-state index contributed by atoms with van der Waals surface area (Å²) in [4.78, 5) is 27.7. The normalized spacial score (nSPS) is 10.5. The lowest BCUT2D eigenvalue weighted by Crippen LogP contribution is -2.18. The minimum Gasteiger partial charge on any atom is -0.326 e. The molecule has 0 radical (unpaired) electrons. The van der Waals surface area contributed by atoms with Gasteiger partial charge in [0.25, 0.3) is 5.91 Å². The summed E-state index contributed by atoms with van der Waals surface area (Å²) in [6, 6.07) is 12.1. The van der Waals surface area contributed by atoms with Crippen molar-refractivity contribution in [3.8, 4) is 0 Å². The molecule has 2 aromatic rings. The molecule has 0 aliphatic rings. The Kier molecular flexibility index (Phi) is 6.64. The van der Waals surface area contributed by atoms with Crippen LogP contribution in [0, 0.1) is 0 Å². The van der Waals surface area contributed by atoms with Crippen molar-refractivity contribution in [3.63, 3.8) is 0 Å². The number of hydrazone groups is 1. The van der Waals surface area contributed by atoms with Gasteiger partial charge in [0.1, 0.15) is 0 Å². The Morgan fingerprint density at radius 2 is 1.96 bits per heavy atom. The molecule has 0 saturated heterocycles. The molecule has 0 aliphatic carbocycles. The zero-order valence-corrected chi connectivity index (χ0v) is 13.5. The maximum atomic E-state index is 12.0. The zero-order chi connectivity index (χ0) is 17.2. The van der Waals surface area contributed by atoms with E-state index < -0.39 is 0 Å². The third-order valence-electron chi connectivity index (χ3n) is 3.24. The second kappa shape index (κ2) is 9.19. The van der Waals surface area contributed by atoms with Crippen LogP contribution in [-0.4, -0.2) is 23.0 Å². The zero-order valence-electron chi connectivity index (χ0n) is 13.5. The third-order valence-corrected chi connectivity index (χ3v) is 3.24. The van der Waals surface area contributed by atoms with Gasteiger partial charge in [-0.25, -0.2) is 5.43 Å². The first-order valence-electron chi connectivity index (χ1n) is 7.83. The predicted molar refractivity (Wildman–Crippen MR) is 93.9 cm³/mol. The van der Waals surface area contributed by atoms with E-state index in [1.54, 1.807) is 42.6 Å². The van der Waals surface area contributed by atoms with Crippen molar-refractivity contribution in [1.29, 1.82) is 0 Å². The molecule has 0 aliphatic heterocycles. The van der Waals surface area contributed by atoms with Crippen molar-refractivity contribution in [2.75, 3.05) is 5.32 Å². The van der Waals surface area contributed by atoms with Gasteiger partial charge in [-0.15, -0.1) is 0 Å². The summed E-state index contributed by atoms with van der Waals surface area (Å²) in [6.07, 6.45) is 5.46. The summed E-state index contributed by atoms with van der Waals surface area (Å²) in [7, 11) is 0. The van der Waals surface area contributed by atoms with Gasteiger partial charge < -0.3 is 5.32 Å². The van der Waals surface area contributed by atoms with Crippen molar-refractivity contribution in [2.45, 2.75) is 26.2 Å². The second-order valence-corrected chi connectivity index (χ2v) is 5.18. The van der Waals surface area contributed by atoms with Crippen LogP contribution in [0.3, 0.4) is 0 Å². The maximum Gasteiger partial charge on any atom is 0.271 e. The Labute approximate surface area is 141 Å². The largest absolute Gasteiger partial charge is 0.326 e. The van der Waals surface area contributed by atoms with Gasteiger partial charge in [-0.3, -0.25) is 14.6 Å². The fourth-order valence-corrected chi connectivity index (χ4v) is 1.94. The highest BCUT2D eigenvalue weighted by molar-refractivity contribution is 5.96. The number of anilines is 1. The first kappa shape index (κ1) is 17.3. The highest BCUT2D eigenvalue weighted by Gasteiger charge is 2.05. The average Bonchev–Trinajstić information content (AvgIpc) is 2.61. The lowest BCUT2D eigenvalue weighted by Gasteiger charge is -2.05. The Bertz CT molecular complexity index is 697. The molecule has 2 rings (SSSR count). The number of carbonyl (C=O) groups excluding carboxylic acids is 2. The van der Waals surface area contributed by atoms with Gasteiger partial charge in [0.05, 0.1) is 11.9 Å². The SMILES string of the molecule is CCCCC(=O)Nc1ccc(C(=O)N/N=C/c2ccccn2)cc1. The molecule has 6 heteroatoms. The molecule has 0 atom stereocenters. The number of pyridine rings is 1. The molecule has 1 aromatic heterocycles. The van der Waals surface area contributed by atoms with Gasteiger partial charge in [-0.05, 0) is 42.8 Å². The van der Waals surface area contributed by atoms with Crippen molar-refractivity contribution in [1.82, 2.24) is 10.4 Å². The van der Waals surface area contributed by atoms with Crippen LogP contribution < -0.4 is 10.7 Å². The molecular weight excluding hydrogens is 304 g/mol. The third kappa shape index (κ3) is 5.64. The van der Waals surface area contributed by atoms with Crippen LogP contribution in [0.2, 0.25) is 0 Å². The van der Waals surface area contributed by atoms with Crippen LogP contribution in [0.4, 0.5) is 5.69 Å². The smallest absolute Gasteiger partial charge is 0.271 e. The molecule has 1 aromatic carbocycles. The number of unbranched alkanes of at least 4 members (excludes halogenated alkanes) is 1. The molecule has 2 amide bonds. The van der Waals surface area contributed by atoms with Crippen molar-refractivity contribution in [3.05, 3.63) is 59.9 Å². The number of nitrogens with zero attached hydrogens (tertiary/aromatic N) is 2. The minimum atomic E-state index is -0.328. The van der Waals surface area contributed by atoms with Crippen LogP contribution >= 0.6 is 0 Å². The standard InChI is InChI=1S/C18H20N4O2/c1-2-3-7-17(23)21-15-10-8-14(9-11-15)18(24)22-20-13-16-6-4-5-12-19-16/h4-6,8-13H,2-3,7H2,1H3,(H,21,23)(H,22,24)/b20-13+. The van der Waals surface area contributed by atoms with E-state index in [4.69, 9.17) is 0 Å². The van der Waals surface area contributed by atoms with Crippen molar-refractivity contribution >= 4 is 23.7 Å². The summed E-state index contributed by atoms with van der Waals surface area (Å²) in [5.41, 5.74) is 4.22. The van der Waals surface area contributed by atoms with E-state index >= 15 is 0 Å². The number of carbonyl (C=O) groups is 2. The second-order valence-electron chi connectivity index (χ2n) is 5.18. The van der Waals surface area contributed by atoms with E-state index in [2.05, 4.69) is 20.8 Å². The van der Waals surface area contributed by atoms with Crippen molar-refractivity contribution < 1.29 is 9.59 Å². The minimum absolute atomic E-state index is 0.0194. The molecule has 6 nitrogen and oxygen atoms in total. The summed E-state index contributed by atoms with van der Waals surface area (Å²) >= 11 is 0. The quantitative estimate of drug-likeness (QED) is 0.606.